The first kappa shape index (κ1) is 20.4. The summed E-state index contributed by atoms with van der Waals surface area (Å²) in [5.41, 5.74) is 3.24. The SMILES string of the molecule is O=C(Oc1ccc2oc3ccccc3c2c1)c1oc2ccccc2c1CSC1CCCCC1. The van der Waals surface area contributed by atoms with Gasteiger partial charge in [0, 0.05) is 32.7 Å². The molecule has 166 valence electrons. The molecule has 5 aromatic rings. The molecule has 0 bridgehead atoms. The zero-order valence-electron chi connectivity index (χ0n) is 18.2. The smallest absolute Gasteiger partial charge is 0.379 e. The van der Waals surface area contributed by atoms with Crippen molar-refractivity contribution < 1.29 is 18.4 Å². The van der Waals surface area contributed by atoms with Crippen LogP contribution >= 0.6 is 11.8 Å². The normalized spacial score (nSPS) is 14.9. The van der Waals surface area contributed by atoms with Crippen molar-refractivity contribution in [2.45, 2.75) is 43.1 Å². The second-order valence-corrected chi connectivity index (χ2v) is 9.91. The molecule has 0 spiro atoms. The summed E-state index contributed by atoms with van der Waals surface area (Å²) in [5, 5.41) is 3.56. The third kappa shape index (κ3) is 3.91. The Labute approximate surface area is 195 Å². The van der Waals surface area contributed by atoms with Crippen molar-refractivity contribution in [3.05, 3.63) is 78.1 Å². The van der Waals surface area contributed by atoms with E-state index in [-0.39, 0.29) is 0 Å². The highest BCUT2D eigenvalue weighted by Gasteiger charge is 2.24. The standard InChI is InChI=1S/C28H24O4S/c29-28(30-18-14-15-26-22(16-18)20-10-4-6-12-24(20)31-26)27-23(17-33-19-8-2-1-3-9-19)21-11-5-7-13-25(21)32-27/h4-7,10-16,19H,1-3,8-9,17H2. The fraction of sp³-hybridized carbons (Fsp3) is 0.250. The van der Waals surface area contributed by atoms with E-state index in [1.807, 2.05) is 72.4 Å². The largest absolute Gasteiger partial charge is 0.456 e. The fourth-order valence-corrected chi connectivity index (χ4v) is 6.12. The predicted octanol–water partition coefficient (Wildman–Crippen LogP) is 8.12. The molecule has 5 heteroatoms. The van der Waals surface area contributed by atoms with Crippen LogP contribution in [0.4, 0.5) is 0 Å². The van der Waals surface area contributed by atoms with Crippen LogP contribution in [0.1, 0.15) is 48.2 Å². The monoisotopic (exact) mass is 456 g/mol. The first-order valence-electron chi connectivity index (χ1n) is 11.5. The van der Waals surface area contributed by atoms with E-state index in [0.29, 0.717) is 16.8 Å². The molecule has 1 saturated carbocycles. The van der Waals surface area contributed by atoms with Gasteiger partial charge < -0.3 is 13.6 Å². The third-order valence-corrected chi connectivity index (χ3v) is 7.86. The zero-order chi connectivity index (χ0) is 22.2. The molecule has 1 fully saturated rings. The molecule has 0 atom stereocenters. The van der Waals surface area contributed by atoms with E-state index in [9.17, 15) is 4.79 Å². The molecular formula is C28H24O4S. The summed E-state index contributed by atoms with van der Waals surface area (Å²) in [6.45, 7) is 0. The lowest BCUT2D eigenvalue weighted by Gasteiger charge is -2.20. The summed E-state index contributed by atoms with van der Waals surface area (Å²) in [7, 11) is 0. The maximum absolute atomic E-state index is 13.2. The van der Waals surface area contributed by atoms with Crippen molar-refractivity contribution in [1.82, 2.24) is 0 Å². The Bertz CT molecular complexity index is 1460. The second-order valence-electron chi connectivity index (χ2n) is 8.62. The van der Waals surface area contributed by atoms with Crippen LogP contribution in [0.25, 0.3) is 32.9 Å². The van der Waals surface area contributed by atoms with Gasteiger partial charge >= 0.3 is 5.97 Å². The number of thioether (sulfide) groups is 1. The lowest BCUT2D eigenvalue weighted by molar-refractivity contribution is 0.0703. The average Bonchev–Trinajstić information content (AvgIpc) is 3.41. The maximum atomic E-state index is 13.2. The van der Waals surface area contributed by atoms with E-state index in [1.54, 1.807) is 6.07 Å². The molecule has 0 amide bonds. The Morgan fingerprint density at radius 1 is 0.818 bits per heavy atom. The number of hydrogen-bond donors (Lipinski definition) is 0. The molecule has 6 rings (SSSR count). The number of esters is 1. The van der Waals surface area contributed by atoms with Crippen LogP contribution in [0.2, 0.25) is 0 Å². The van der Waals surface area contributed by atoms with Gasteiger partial charge in [-0.3, -0.25) is 0 Å². The van der Waals surface area contributed by atoms with Crippen molar-refractivity contribution in [2.75, 3.05) is 0 Å². The van der Waals surface area contributed by atoms with Gasteiger partial charge in [0.25, 0.3) is 0 Å². The first-order chi connectivity index (χ1) is 16.3. The topological polar surface area (TPSA) is 52.6 Å². The van der Waals surface area contributed by atoms with E-state index in [2.05, 4.69) is 0 Å². The number of carbonyl (C=O) groups is 1. The number of ether oxygens (including phenoxy) is 1. The molecule has 4 nitrogen and oxygen atoms in total. The minimum atomic E-state index is -0.461. The number of fused-ring (bicyclic) bond motifs is 4. The van der Waals surface area contributed by atoms with Crippen LogP contribution in [0.3, 0.4) is 0 Å². The minimum absolute atomic E-state index is 0.302. The summed E-state index contributed by atoms with van der Waals surface area (Å²) in [6, 6.07) is 21.2. The summed E-state index contributed by atoms with van der Waals surface area (Å²) in [6.07, 6.45) is 6.42. The Hall–Kier alpha value is -3.18. The lowest BCUT2D eigenvalue weighted by atomic mass is 10.0. The summed E-state index contributed by atoms with van der Waals surface area (Å²) in [5.74, 6) is 1.07. The number of benzene rings is 3. The van der Waals surface area contributed by atoms with Gasteiger partial charge in [-0.1, -0.05) is 55.7 Å². The highest BCUT2D eigenvalue weighted by Crippen LogP contribution is 2.36. The average molecular weight is 457 g/mol. The lowest BCUT2D eigenvalue weighted by Crippen LogP contribution is -2.11. The summed E-state index contributed by atoms with van der Waals surface area (Å²) >= 11 is 1.93. The molecule has 3 aromatic carbocycles. The molecule has 0 unspecified atom stereocenters. The van der Waals surface area contributed by atoms with Gasteiger partial charge in [0.1, 0.15) is 22.5 Å². The van der Waals surface area contributed by atoms with Gasteiger partial charge in [-0.25, -0.2) is 4.79 Å². The van der Waals surface area contributed by atoms with E-state index in [0.717, 1.165) is 44.2 Å². The van der Waals surface area contributed by atoms with Crippen LogP contribution in [-0.2, 0) is 5.75 Å². The van der Waals surface area contributed by atoms with Gasteiger partial charge in [0.05, 0.1) is 0 Å². The highest BCUT2D eigenvalue weighted by molar-refractivity contribution is 7.99. The van der Waals surface area contributed by atoms with E-state index >= 15 is 0 Å². The molecule has 1 aliphatic rings. The molecule has 0 N–H and O–H groups in total. The number of rotatable bonds is 5. The molecule has 33 heavy (non-hydrogen) atoms. The summed E-state index contributed by atoms with van der Waals surface area (Å²) < 4.78 is 17.7. The van der Waals surface area contributed by atoms with Crippen molar-refractivity contribution in [1.29, 1.82) is 0 Å². The Morgan fingerprint density at radius 3 is 2.33 bits per heavy atom. The molecule has 0 aliphatic heterocycles. The molecule has 0 radical (unpaired) electrons. The molecule has 2 heterocycles. The quantitative estimate of drug-likeness (QED) is 0.197. The van der Waals surface area contributed by atoms with E-state index in [4.69, 9.17) is 13.6 Å². The Morgan fingerprint density at radius 2 is 1.52 bits per heavy atom. The molecular weight excluding hydrogens is 432 g/mol. The first-order valence-corrected chi connectivity index (χ1v) is 12.6. The van der Waals surface area contributed by atoms with Crippen LogP contribution in [-0.4, -0.2) is 11.2 Å². The van der Waals surface area contributed by atoms with Gasteiger partial charge in [-0.15, -0.1) is 0 Å². The zero-order valence-corrected chi connectivity index (χ0v) is 19.0. The number of carbonyl (C=O) groups excluding carboxylic acids is 1. The van der Waals surface area contributed by atoms with Crippen LogP contribution in [0, 0.1) is 0 Å². The second kappa shape index (κ2) is 8.64. The maximum Gasteiger partial charge on any atom is 0.379 e. The van der Waals surface area contributed by atoms with E-state index in [1.165, 1.54) is 32.1 Å². The van der Waals surface area contributed by atoms with Crippen LogP contribution in [0.15, 0.2) is 75.6 Å². The van der Waals surface area contributed by atoms with Crippen molar-refractivity contribution in [2.24, 2.45) is 0 Å². The fourth-order valence-electron chi connectivity index (χ4n) is 4.76. The number of hydrogen-bond acceptors (Lipinski definition) is 5. The van der Waals surface area contributed by atoms with Crippen molar-refractivity contribution in [3.63, 3.8) is 0 Å². The number of furan rings is 2. The molecule has 1 aliphatic carbocycles. The minimum Gasteiger partial charge on any atom is -0.456 e. The molecule has 0 saturated heterocycles. The van der Waals surface area contributed by atoms with Gasteiger partial charge in [-0.05, 0) is 43.2 Å². The van der Waals surface area contributed by atoms with Crippen molar-refractivity contribution >= 4 is 50.6 Å². The summed E-state index contributed by atoms with van der Waals surface area (Å²) in [4.78, 5) is 13.2. The third-order valence-electron chi connectivity index (χ3n) is 6.46. The highest BCUT2D eigenvalue weighted by atomic mass is 32.2. The van der Waals surface area contributed by atoms with Crippen LogP contribution in [0.5, 0.6) is 5.75 Å². The van der Waals surface area contributed by atoms with Gasteiger partial charge in [0.15, 0.2) is 0 Å². The van der Waals surface area contributed by atoms with Crippen molar-refractivity contribution in [3.8, 4) is 5.75 Å². The van der Waals surface area contributed by atoms with E-state index < -0.39 is 5.97 Å². The van der Waals surface area contributed by atoms with Gasteiger partial charge in [0.2, 0.25) is 5.76 Å². The molecule has 2 aromatic heterocycles. The number of para-hydroxylation sites is 2. The Balaban J connectivity index is 1.31. The van der Waals surface area contributed by atoms with Gasteiger partial charge in [-0.2, -0.15) is 11.8 Å². The predicted molar refractivity (Wildman–Crippen MR) is 133 cm³/mol. The van der Waals surface area contributed by atoms with Crippen LogP contribution < -0.4 is 4.74 Å². The Kier molecular flexibility index (Phi) is 5.35.